The number of nitrogens with zero attached hydrogens (tertiary/aromatic N) is 2. The number of sulfonamides is 1. The van der Waals surface area contributed by atoms with Crippen LogP contribution in [0.5, 0.6) is 0 Å². The van der Waals surface area contributed by atoms with E-state index < -0.39 is 10.0 Å². The lowest BCUT2D eigenvalue weighted by Crippen LogP contribution is -2.35. The Morgan fingerprint density at radius 2 is 2.22 bits per heavy atom. The molecule has 0 radical (unpaired) electrons. The minimum atomic E-state index is -3.39. The van der Waals surface area contributed by atoms with Crippen molar-refractivity contribution in [1.29, 1.82) is 0 Å². The lowest BCUT2D eigenvalue weighted by Gasteiger charge is -2.22. The van der Waals surface area contributed by atoms with Gasteiger partial charge in [-0.05, 0) is 33.1 Å². The van der Waals surface area contributed by atoms with Gasteiger partial charge >= 0.3 is 0 Å². The van der Waals surface area contributed by atoms with Gasteiger partial charge in [0.15, 0.2) is 4.21 Å². The van der Waals surface area contributed by atoms with Crippen molar-refractivity contribution in [2.45, 2.75) is 43.4 Å². The summed E-state index contributed by atoms with van der Waals surface area (Å²) in [7, 11) is -3.39. The molecule has 0 amide bonds. The molecule has 0 saturated carbocycles. The number of hydrogen-bond acceptors (Lipinski definition) is 4. The van der Waals surface area contributed by atoms with E-state index in [1.807, 2.05) is 6.92 Å². The topological polar surface area (TPSA) is 50.3 Å². The second-order valence-corrected chi connectivity index (χ2v) is 8.16. The second kappa shape index (κ2) is 5.45. The molecule has 0 N–H and O–H groups in total. The fourth-order valence-corrected chi connectivity index (χ4v) is 5.97. The molecule has 1 aliphatic heterocycles. The summed E-state index contributed by atoms with van der Waals surface area (Å²) in [4.78, 5) is 4.21. The van der Waals surface area contributed by atoms with Crippen molar-refractivity contribution in [3.05, 3.63) is 10.7 Å². The van der Waals surface area contributed by atoms with Gasteiger partial charge in [-0.25, -0.2) is 13.4 Å². The first kappa shape index (κ1) is 14.2. The Bertz CT molecular complexity index is 527. The average Bonchev–Trinajstić information content (AvgIpc) is 2.86. The van der Waals surface area contributed by atoms with Crippen LogP contribution < -0.4 is 0 Å². The Balaban J connectivity index is 2.33. The SMILES string of the molecule is Cc1nc(C)c(S(=O)(=O)N2CCCC2CCCl)s1. The molecule has 1 aliphatic rings. The molecule has 0 aliphatic carbocycles. The first-order chi connectivity index (χ1) is 8.46. The van der Waals surface area contributed by atoms with Gasteiger partial charge < -0.3 is 0 Å². The average molecular weight is 309 g/mol. The third-order valence-corrected chi connectivity index (χ3v) is 7.00. The van der Waals surface area contributed by atoms with Crippen molar-refractivity contribution in [3.63, 3.8) is 0 Å². The predicted octanol–water partition coefficient (Wildman–Crippen LogP) is 2.54. The summed E-state index contributed by atoms with van der Waals surface area (Å²) in [6.45, 7) is 4.18. The zero-order valence-electron chi connectivity index (χ0n) is 10.5. The largest absolute Gasteiger partial charge is 0.254 e. The molecule has 2 rings (SSSR count). The lowest BCUT2D eigenvalue weighted by molar-refractivity contribution is 0.381. The Morgan fingerprint density at radius 1 is 1.50 bits per heavy atom. The summed E-state index contributed by atoms with van der Waals surface area (Å²) in [5.74, 6) is 0.497. The van der Waals surface area contributed by atoms with Crippen molar-refractivity contribution in [1.82, 2.24) is 9.29 Å². The molecule has 0 spiro atoms. The summed E-state index contributed by atoms with van der Waals surface area (Å²) >= 11 is 7.00. The van der Waals surface area contributed by atoms with Crippen LogP contribution in [-0.2, 0) is 10.0 Å². The second-order valence-electron chi connectivity index (χ2n) is 4.50. The first-order valence-electron chi connectivity index (χ1n) is 5.98. The van der Waals surface area contributed by atoms with Gasteiger partial charge in [0.05, 0.1) is 10.7 Å². The van der Waals surface area contributed by atoms with Gasteiger partial charge in [0.1, 0.15) is 0 Å². The molecule has 1 unspecified atom stereocenters. The number of hydrogen-bond donors (Lipinski definition) is 0. The molecule has 4 nitrogen and oxygen atoms in total. The molecule has 1 aromatic heterocycles. The maximum absolute atomic E-state index is 12.6. The highest BCUT2D eigenvalue weighted by Crippen LogP contribution is 2.32. The van der Waals surface area contributed by atoms with Gasteiger partial charge in [-0.3, -0.25) is 0 Å². The van der Waals surface area contributed by atoms with Crippen molar-refractivity contribution in [3.8, 4) is 0 Å². The third kappa shape index (κ3) is 2.57. The van der Waals surface area contributed by atoms with E-state index in [9.17, 15) is 8.42 Å². The van der Waals surface area contributed by atoms with Crippen LogP contribution in [0, 0.1) is 13.8 Å². The van der Waals surface area contributed by atoms with E-state index in [1.54, 1.807) is 11.2 Å². The van der Waals surface area contributed by atoms with E-state index in [4.69, 9.17) is 11.6 Å². The number of halogens is 1. The van der Waals surface area contributed by atoms with E-state index in [1.165, 1.54) is 11.3 Å². The Morgan fingerprint density at radius 3 is 2.78 bits per heavy atom. The van der Waals surface area contributed by atoms with Crippen LogP contribution >= 0.6 is 22.9 Å². The number of alkyl halides is 1. The fourth-order valence-electron chi connectivity index (χ4n) is 2.40. The summed E-state index contributed by atoms with van der Waals surface area (Å²) in [5.41, 5.74) is 0.606. The van der Waals surface area contributed by atoms with Crippen LogP contribution in [0.2, 0.25) is 0 Å². The molecule has 1 aromatic rings. The van der Waals surface area contributed by atoms with Gasteiger partial charge in [-0.15, -0.1) is 22.9 Å². The highest BCUT2D eigenvalue weighted by atomic mass is 35.5. The number of rotatable bonds is 4. The van der Waals surface area contributed by atoms with Crippen LogP contribution in [0.3, 0.4) is 0 Å². The normalized spacial score (nSPS) is 21.6. The highest BCUT2D eigenvalue weighted by Gasteiger charge is 2.36. The van der Waals surface area contributed by atoms with E-state index in [0.29, 0.717) is 22.3 Å². The standard InChI is InChI=1S/C11H17ClN2O2S2/c1-8-11(17-9(2)13-8)18(15,16)14-7-3-4-10(14)5-6-12/h10H,3-7H2,1-2H3. The first-order valence-corrected chi connectivity index (χ1v) is 8.77. The molecular weight excluding hydrogens is 292 g/mol. The molecule has 7 heteroatoms. The third-order valence-electron chi connectivity index (χ3n) is 3.17. The van der Waals surface area contributed by atoms with Crippen molar-refractivity contribution in [2.24, 2.45) is 0 Å². The maximum Gasteiger partial charge on any atom is 0.254 e. The summed E-state index contributed by atoms with van der Waals surface area (Å²) in [5, 5.41) is 0.791. The van der Waals surface area contributed by atoms with Crippen LogP contribution in [0.15, 0.2) is 4.21 Å². The quantitative estimate of drug-likeness (QED) is 0.803. The van der Waals surface area contributed by atoms with E-state index >= 15 is 0 Å². The van der Waals surface area contributed by atoms with E-state index in [-0.39, 0.29) is 6.04 Å². The number of aryl methyl sites for hydroxylation is 2. The van der Waals surface area contributed by atoms with E-state index in [0.717, 1.165) is 24.3 Å². The van der Waals surface area contributed by atoms with Gasteiger partial charge in [0.2, 0.25) is 0 Å². The van der Waals surface area contributed by atoms with Crippen molar-refractivity contribution < 1.29 is 8.42 Å². The Labute approximate surface area is 117 Å². The minimum absolute atomic E-state index is 0.0503. The molecule has 102 valence electrons. The lowest BCUT2D eigenvalue weighted by atomic mass is 10.2. The molecule has 0 aromatic carbocycles. The van der Waals surface area contributed by atoms with Gasteiger partial charge in [-0.1, -0.05) is 0 Å². The maximum atomic E-state index is 12.6. The molecule has 2 heterocycles. The summed E-state index contributed by atoms with van der Waals surface area (Å²) in [6.07, 6.45) is 2.54. The zero-order chi connectivity index (χ0) is 13.3. The van der Waals surface area contributed by atoms with Gasteiger partial charge in [-0.2, -0.15) is 4.31 Å². The number of aromatic nitrogens is 1. The molecular formula is C11H17ClN2O2S2. The van der Waals surface area contributed by atoms with Crippen molar-refractivity contribution in [2.75, 3.05) is 12.4 Å². The fraction of sp³-hybridized carbons (Fsp3) is 0.727. The highest BCUT2D eigenvalue weighted by molar-refractivity contribution is 7.91. The monoisotopic (exact) mass is 308 g/mol. The molecule has 18 heavy (non-hydrogen) atoms. The smallest absolute Gasteiger partial charge is 0.245 e. The van der Waals surface area contributed by atoms with Gasteiger partial charge in [0.25, 0.3) is 10.0 Å². The molecule has 1 atom stereocenters. The van der Waals surface area contributed by atoms with E-state index in [2.05, 4.69) is 4.98 Å². The Kier molecular flexibility index (Phi) is 4.31. The zero-order valence-corrected chi connectivity index (χ0v) is 12.9. The van der Waals surface area contributed by atoms with Crippen LogP contribution in [0.25, 0.3) is 0 Å². The summed E-state index contributed by atoms with van der Waals surface area (Å²) in [6, 6.07) is 0.0503. The van der Waals surface area contributed by atoms with Crippen LogP contribution in [-0.4, -0.2) is 36.2 Å². The van der Waals surface area contributed by atoms with Crippen LogP contribution in [0.4, 0.5) is 0 Å². The molecule has 1 saturated heterocycles. The van der Waals surface area contributed by atoms with Crippen LogP contribution in [0.1, 0.15) is 30.0 Å². The van der Waals surface area contributed by atoms with Crippen molar-refractivity contribution >= 4 is 33.0 Å². The Hall–Kier alpha value is -0.170. The molecule has 1 fully saturated rings. The molecule has 0 bridgehead atoms. The minimum Gasteiger partial charge on any atom is -0.245 e. The summed E-state index contributed by atoms with van der Waals surface area (Å²) < 4.78 is 27.2. The predicted molar refractivity (Wildman–Crippen MR) is 73.8 cm³/mol. The number of thiazole rings is 1. The van der Waals surface area contributed by atoms with Gasteiger partial charge in [0, 0.05) is 18.5 Å².